The lowest BCUT2D eigenvalue weighted by molar-refractivity contribution is -0.137. The van der Waals surface area contributed by atoms with Crippen molar-refractivity contribution in [1.29, 1.82) is 0 Å². The number of carbonyl (C=O) groups is 1. The molecule has 0 unspecified atom stereocenters. The number of aldehydes is 1. The number of aromatic nitrogens is 3. The predicted molar refractivity (Wildman–Crippen MR) is 81.1 cm³/mol. The Bertz CT molecular complexity index is 744. The van der Waals surface area contributed by atoms with Crippen LogP contribution in [0.4, 0.5) is 19.0 Å². The minimum Gasteiger partial charge on any atom is -0.369 e. The molecule has 5 nitrogen and oxygen atoms in total. The molecule has 0 aromatic carbocycles. The number of hydrogen-bond donors (Lipinski definition) is 1. The number of rotatable bonds is 6. The van der Waals surface area contributed by atoms with Crippen LogP contribution in [-0.4, -0.2) is 27.8 Å². The first-order valence-corrected chi connectivity index (χ1v) is 7.45. The summed E-state index contributed by atoms with van der Waals surface area (Å²) in [5, 5.41) is 3.13. The molecule has 0 spiro atoms. The number of alkyl halides is 3. The van der Waals surface area contributed by atoms with Gasteiger partial charge < -0.3 is 10.1 Å². The van der Waals surface area contributed by atoms with Crippen LogP contribution in [0.3, 0.4) is 0 Å². The number of anilines is 1. The molecule has 1 saturated carbocycles. The average molecular weight is 336 g/mol. The smallest absolute Gasteiger partial charge is 0.369 e. The van der Waals surface area contributed by atoms with Gasteiger partial charge in [0.2, 0.25) is 0 Å². The first-order valence-electron chi connectivity index (χ1n) is 7.45. The highest BCUT2D eigenvalue weighted by Gasteiger charge is 2.41. The van der Waals surface area contributed by atoms with Crippen molar-refractivity contribution in [3.8, 4) is 11.4 Å². The lowest BCUT2D eigenvalue weighted by atomic mass is 10.0. The standard InChI is InChI=1S/C16H15F3N4O/c17-16(18,19)12-7-11(8-20-9-12)14-21-5-1-13(23-14)22-10-15(2-3-15)4-6-24/h1,5-9H,2-4,10H2,(H,21,22,23). The highest BCUT2D eigenvalue weighted by Crippen LogP contribution is 2.48. The zero-order valence-electron chi connectivity index (χ0n) is 12.7. The van der Waals surface area contributed by atoms with E-state index in [4.69, 9.17) is 0 Å². The summed E-state index contributed by atoms with van der Waals surface area (Å²) >= 11 is 0. The molecule has 2 aromatic rings. The summed E-state index contributed by atoms with van der Waals surface area (Å²) in [4.78, 5) is 22.5. The van der Waals surface area contributed by atoms with Crippen LogP contribution in [0.2, 0.25) is 0 Å². The average Bonchev–Trinajstić information content (AvgIpc) is 3.33. The van der Waals surface area contributed by atoms with Gasteiger partial charge in [0.25, 0.3) is 0 Å². The van der Waals surface area contributed by atoms with Gasteiger partial charge >= 0.3 is 6.18 Å². The van der Waals surface area contributed by atoms with E-state index in [1.54, 1.807) is 6.07 Å². The fraction of sp³-hybridized carbons (Fsp3) is 0.375. The molecule has 0 bridgehead atoms. The molecule has 1 aliphatic rings. The van der Waals surface area contributed by atoms with Gasteiger partial charge in [-0.15, -0.1) is 0 Å². The van der Waals surface area contributed by atoms with E-state index in [-0.39, 0.29) is 16.8 Å². The van der Waals surface area contributed by atoms with E-state index in [1.165, 1.54) is 12.4 Å². The van der Waals surface area contributed by atoms with Crippen LogP contribution < -0.4 is 5.32 Å². The van der Waals surface area contributed by atoms with Crippen molar-refractivity contribution in [1.82, 2.24) is 15.0 Å². The van der Waals surface area contributed by atoms with Crippen LogP contribution in [0.1, 0.15) is 24.8 Å². The summed E-state index contributed by atoms with van der Waals surface area (Å²) in [6, 6.07) is 2.61. The molecule has 2 aromatic heterocycles. The van der Waals surface area contributed by atoms with E-state index in [0.29, 0.717) is 18.8 Å². The summed E-state index contributed by atoms with van der Waals surface area (Å²) in [6.45, 7) is 0.600. The summed E-state index contributed by atoms with van der Waals surface area (Å²) < 4.78 is 38.3. The second-order valence-corrected chi connectivity index (χ2v) is 5.95. The third-order valence-corrected chi connectivity index (χ3v) is 4.10. The van der Waals surface area contributed by atoms with Crippen molar-refractivity contribution in [2.24, 2.45) is 5.41 Å². The van der Waals surface area contributed by atoms with E-state index >= 15 is 0 Å². The molecule has 2 heterocycles. The van der Waals surface area contributed by atoms with Gasteiger partial charge in [0.05, 0.1) is 5.56 Å². The molecule has 8 heteroatoms. The van der Waals surface area contributed by atoms with Crippen molar-refractivity contribution < 1.29 is 18.0 Å². The monoisotopic (exact) mass is 336 g/mol. The summed E-state index contributed by atoms with van der Waals surface area (Å²) in [5.41, 5.74) is -0.655. The Labute approximate surface area is 136 Å². The first kappa shape index (κ1) is 16.4. The lowest BCUT2D eigenvalue weighted by Crippen LogP contribution is -2.16. The molecule has 0 saturated heterocycles. The SMILES string of the molecule is O=CCC1(CNc2ccnc(-c3cncc(C(F)(F)F)c3)n2)CC1. The molecule has 24 heavy (non-hydrogen) atoms. The number of pyridine rings is 1. The molecule has 126 valence electrons. The van der Waals surface area contributed by atoms with Crippen LogP contribution in [0.15, 0.2) is 30.7 Å². The minimum atomic E-state index is -4.47. The van der Waals surface area contributed by atoms with Gasteiger partial charge in [-0.05, 0) is 30.4 Å². The minimum absolute atomic E-state index is 0.00931. The van der Waals surface area contributed by atoms with Crippen molar-refractivity contribution in [3.63, 3.8) is 0 Å². The van der Waals surface area contributed by atoms with Crippen LogP contribution in [-0.2, 0) is 11.0 Å². The molecule has 1 N–H and O–H groups in total. The second-order valence-electron chi connectivity index (χ2n) is 5.95. The number of halogens is 3. The third-order valence-electron chi connectivity index (χ3n) is 4.10. The van der Waals surface area contributed by atoms with Gasteiger partial charge in [0, 0.05) is 37.1 Å². The van der Waals surface area contributed by atoms with Crippen molar-refractivity contribution in [3.05, 3.63) is 36.3 Å². The maximum Gasteiger partial charge on any atom is 0.417 e. The summed E-state index contributed by atoms with van der Waals surface area (Å²) in [7, 11) is 0. The summed E-state index contributed by atoms with van der Waals surface area (Å²) in [6.07, 6.45) is 2.44. The maximum atomic E-state index is 12.8. The van der Waals surface area contributed by atoms with E-state index in [0.717, 1.165) is 31.4 Å². The molecule has 0 atom stereocenters. The van der Waals surface area contributed by atoms with Crippen molar-refractivity contribution in [2.75, 3.05) is 11.9 Å². The highest BCUT2D eigenvalue weighted by atomic mass is 19.4. The Balaban J connectivity index is 1.77. The van der Waals surface area contributed by atoms with Crippen LogP contribution >= 0.6 is 0 Å². The molecule has 0 radical (unpaired) electrons. The Kier molecular flexibility index (Phi) is 4.21. The van der Waals surface area contributed by atoms with Crippen LogP contribution in [0, 0.1) is 5.41 Å². The molecule has 1 aliphatic carbocycles. The Morgan fingerprint density at radius 2 is 2.08 bits per heavy atom. The Morgan fingerprint density at radius 3 is 2.75 bits per heavy atom. The number of carbonyl (C=O) groups excluding carboxylic acids is 1. The van der Waals surface area contributed by atoms with E-state index < -0.39 is 11.7 Å². The van der Waals surface area contributed by atoms with E-state index in [2.05, 4.69) is 20.3 Å². The van der Waals surface area contributed by atoms with Gasteiger partial charge in [-0.25, -0.2) is 9.97 Å². The van der Waals surface area contributed by atoms with Gasteiger partial charge in [-0.3, -0.25) is 4.98 Å². The predicted octanol–water partition coefficient (Wildman–Crippen LogP) is 3.34. The zero-order chi connectivity index (χ0) is 17.2. The number of nitrogens with zero attached hydrogens (tertiary/aromatic N) is 3. The Morgan fingerprint density at radius 1 is 1.29 bits per heavy atom. The lowest BCUT2D eigenvalue weighted by Gasteiger charge is -2.13. The van der Waals surface area contributed by atoms with Gasteiger partial charge in [-0.1, -0.05) is 0 Å². The molecule has 0 amide bonds. The van der Waals surface area contributed by atoms with E-state index in [9.17, 15) is 18.0 Å². The molecule has 0 aliphatic heterocycles. The van der Waals surface area contributed by atoms with Gasteiger partial charge in [0.15, 0.2) is 5.82 Å². The third kappa shape index (κ3) is 3.69. The van der Waals surface area contributed by atoms with E-state index in [1.807, 2.05) is 0 Å². The van der Waals surface area contributed by atoms with Gasteiger partial charge in [-0.2, -0.15) is 13.2 Å². The zero-order valence-corrected chi connectivity index (χ0v) is 12.7. The Hall–Kier alpha value is -2.51. The second kappa shape index (κ2) is 6.18. The first-order chi connectivity index (χ1) is 11.4. The van der Waals surface area contributed by atoms with Crippen molar-refractivity contribution >= 4 is 12.1 Å². The largest absolute Gasteiger partial charge is 0.417 e. The van der Waals surface area contributed by atoms with Crippen molar-refractivity contribution in [2.45, 2.75) is 25.4 Å². The van der Waals surface area contributed by atoms with Gasteiger partial charge in [0.1, 0.15) is 12.1 Å². The maximum absolute atomic E-state index is 12.8. The fourth-order valence-corrected chi connectivity index (χ4v) is 2.40. The van der Waals surface area contributed by atoms with Crippen LogP contribution in [0.5, 0.6) is 0 Å². The fourth-order valence-electron chi connectivity index (χ4n) is 2.40. The molecule has 1 fully saturated rings. The molecule has 3 rings (SSSR count). The number of hydrogen-bond acceptors (Lipinski definition) is 5. The molecular weight excluding hydrogens is 321 g/mol. The highest BCUT2D eigenvalue weighted by molar-refractivity contribution is 5.57. The number of nitrogens with one attached hydrogen (secondary N) is 1. The normalized spacial score (nSPS) is 15.8. The summed E-state index contributed by atoms with van der Waals surface area (Å²) in [5.74, 6) is 0.674. The topological polar surface area (TPSA) is 67.8 Å². The van der Waals surface area contributed by atoms with Crippen LogP contribution in [0.25, 0.3) is 11.4 Å². The quantitative estimate of drug-likeness (QED) is 0.820. The molecular formula is C16H15F3N4O.